The van der Waals surface area contributed by atoms with E-state index in [1.54, 1.807) is 0 Å². The lowest BCUT2D eigenvalue weighted by Crippen LogP contribution is -2.02. The third kappa shape index (κ3) is 3.02. The summed E-state index contributed by atoms with van der Waals surface area (Å²) in [5, 5.41) is 13.7. The molecule has 0 fully saturated rings. The van der Waals surface area contributed by atoms with E-state index in [0.29, 0.717) is 5.56 Å². The molecule has 0 aliphatic carbocycles. The zero-order chi connectivity index (χ0) is 16.4. The van der Waals surface area contributed by atoms with Gasteiger partial charge >= 0.3 is 0 Å². The van der Waals surface area contributed by atoms with Crippen LogP contribution in [0.25, 0.3) is 10.9 Å². The third-order valence-corrected chi connectivity index (χ3v) is 4.14. The summed E-state index contributed by atoms with van der Waals surface area (Å²) in [6, 6.07) is 16.5. The first-order chi connectivity index (χ1) is 11.1. The number of para-hydroxylation sites is 1. The summed E-state index contributed by atoms with van der Waals surface area (Å²) in [4.78, 5) is 4.53. The highest BCUT2D eigenvalue weighted by molar-refractivity contribution is 5.94. The second kappa shape index (κ2) is 6.10. The molecule has 2 aromatic carbocycles. The molecule has 1 N–H and O–H groups in total. The van der Waals surface area contributed by atoms with Crippen LogP contribution in [0.1, 0.15) is 27.9 Å². The van der Waals surface area contributed by atoms with Crippen LogP contribution < -0.4 is 5.32 Å². The molecule has 0 unspecified atom stereocenters. The monoisotopic (exact) mass is 301 g/mol. The van der Waals surface area contributed by atoms with Crippen molar-refractivity contribution >= 4 is 16.6 Å². The van der Waals surface area contributed by atoms with Crippen molar-refractivity contribution in [1.82, 2.24) is 4.98 Å². The highest BCUT2D eigenvalue weighted by Crippen LogP contribution is 2.26. The fraction of sp³-hybridized carbons (Fsp3) is 0.200. The zero-order valence-electron chi connectivity index (χ0n) is 13.6. The molecule has 3 aromatic rings. The fourth-order valence-electron chi connectivity index (χ4n) is 2.72. The zero-order valence-corrected chi connectivity index (χ0v) is 13.6. The predicted octanol–water partition coefficient (Wildman–Crippen LogP) is 4.64. The van der Waals surface area contributed by atoms with E-state index in [1.165, 1.54) is 16.7 Å². The van der Waals surface area contributed by atoms with Gasteiger partial charge < -0.3 is 5.32 Å². The average molecular weight is 301 g/mol. The number of hydrogen-bond acceptors (Lipinski definition) is 3. The molecule has 0 radical (unpaired) electrons. The van der Waals surface area contributed by atoms with Gasteiger partial charge in [-0.25, -0.2) is 0 Å². The first-order valence-corrected chi connectivity index (χ1v) is 7.69. The predicted molar refractivity (Wildman–Crippen MR) is 94.4 cm³/mol. The minimum atomic E-state index is 0.612. The Hall–Kier alpha value is -2.86. The van der Waals surface area contributed by atoms with Crippen molar-refractivity contribution in [1.29, 1.82) is 5.26 Å². The van der Waals surface area contributed by atoms with E-state index < -0.39 is 0 Å². The van der Waals surface area contributed by atoms with Gasteiger partial charge in [-0.1, -0.05) is 30.3 Å². The van der Waals surface area contributed by atoms with Crippen LogP contribution in [-0.2, 0) is 6.54 Å². The Labute approximate surface area is 136 Å². The summed E-state index contributed by atoms with van der Waals surface area (Å²) in [6.45, 7) is 6.95. The lowest BCUT2D eigenvalue weighted by atomic mass is 10.1. The summed E-state index contributed by atoms with van der Waals surface area (Å²) in [5.41, 5.74) is 7.14. The quantitative estimate of drug-likeness (QED) is 0.766. The fourth-order valence-corrected chi connectivity index (χ4v) is 2.72. The molecule has 0 amide bonds. The summed E-state index contributed by atoms with van der Waals surface area (Å²) in [5.74, 6) is 0. The van der Waals surface area contributed by atoms with Crippen LogP contribution in [0.4, 0.5) is 5.69 Å². The number of pyridine rings is 1. The highest BCUT2D eigenvalue weighted by Gasteiger charge is 2.08. The van der Waals surface area contributed by atoms with Crippen molar-refractivity contribution in [2.75, 3.05) is 5.32 Å². The molecule has 3 nitrogen and oxygen atoms in total. The van der Waals surface area contributed by atoms with E-state index in [1.807, 2.05) is 31.2 Å². The number of fused-ring (bicyclic) bond motifs is 1. The normalized spacial score (nSPS) is 10.5. The van der Waals surface area contributed by atoms with Gasteiger partial charge in [0, 0.05) is 23.3 Å². The maximum atomic E-state index is 9.27. The topological polar surface area (TPSA) is 48.7 Å². The summed E-state index contributed by atoms with van der Waals surface area (Å²) in [7, 11) is 0. The van der Waals surface area contributed by atoms with Crippen molar-refractivity contribution in [3.63, 3.8) is 0 Å². The van der Waals surface area contributed by atoms with Crippen LogP contribution in [-0.4, -0.2) is 4.98 Å². The van der Waals surface area contributed by atoms with E-state index in [9.17, 15) is 5.26 Å². The van der Waals surface area contributed by atoms with Crippen LogP contribution in [0.15, 0.2) is 42.5 Å². The maximum absolute atomic E-state index is 9.27. The van der Waals surface area contributed by atoms with Gasteiger partial charge in [0.1, 0.15) is 6.07 Å². The van der Waals surface area contributed by atoms with Gasteiger partial charge in [-0.05, 0) is 49.6 Å². The van der Waals surface area contributed by atoms with Gasteiger partial charge in [-0.3, -0.25) is 4.98 Å². The van der Waals surface area contributed by atoms with Crippen molar-refractivity contribution in [2.24, 2.45) is 0 Å². The van der Waals surface area contributed by atoms with Crippen LogP contribution in [0, 0.1) is 32.1 Å². The molecule has 0 atom stereocenters. The summed E-state index contributed by atoms with van der Waals surface area (Å²) < 4.78 is 0. The number of nitrogens with zero attached hydrogens (tertiary/aromatic N) is 2. The van der Waals surface area contributed by atoms with E-state index in [0.717, 1.165) is 28.8 Å². The molecule has 23 heavy (non-hydrogen) atoms. The Morgan fingerprint density at radius 2 is 1.87 bits per heavy atom. The molecule has 0 bridgehead atoms. The van der Waals surface area contributed by atoms with Crippen molar-refractivity contribution < 1.29 is 0 Å². The maximum Gasteiger partial charge on any atom is 0.101 e. The highest BCUT2D eigenvalue weighted by atomic mass is 14.9. The lowest BCUT2D eigenvalue weighted by molar-refractivity contribution is 1.13. The van der Waals surface area contributed by atoms with Gasteiger partial charge in [0.05, 0.1) is 11.1 Å². The van der Waals surface area contributed by atoms with Crippen LogP contribution in [0.2, 0.25) is 0 Å². The van der Waals surface area contributed by atoms with E-state index >= 15 is 0 Å². The Kier molecular flexibility index (Phi) is 3.99. The van der Waals surface area contributed by atoms with E-state index in [4.69, 9.17) is 0 Å². The minimum absolute atomic E-state index is 0.612. The van der Waals surface area contributed by atoms with Gasteiger partial charge in [0.2, 0.25) is 0 Å². The molecule has 0 saturated carbocycles. The van der Waals surface area contributed by atoms with Crippen molar-refractivity contribution in [3.05, 3.63) is 70.4 Å². The number of nitriles is 1. The molecule has 0 saturated heterocycles. The Bertz CT molecular complexity index is 920. The molecule has 0 spiro atoms. The Morgan fingerprint density at radius 1 is 1.04 bits per heavy atom. The molecule has 3 rings (SSSR count). The number of aryl methyl sites for hydroxylation is 3. The third-order valence-electron chi connectivity index (χ3n) is 4.14. The number of nitrogens with one attached hydrogen (secondary N) is 1. The first-order valence-electron chi connectivity index (χ1n) is 7.69. The van der Waals surface area contributed by atoms with Crippen LogP contribution >= 0.6 is 0 Å². The van der Waals surface area contributed by atoms with Gasteiger partial charge in [-0.15, -0.1) is 0 Å². The SMILES string of the molecule is Cc1cc(NCc2ccc(C)c(C)c2)c2cccc(C#N)c2n1. The number of aromatic nitrogens is 1. The van der Waals surface area contributed by atoms with E-state index in [2.05, 4.69) is 48.4 Å². The van der Waals surface area contributed by atoms with Crippen molar-refractivity contribution in [2.45, 2.75) is 27.3 Å². The van der Waals surface area contributed by atoms with Gasteiger partial charge in [-0.2, -0.15) is 5.26 Å². The standard InChI is InChI=1S/C20H19N3/c1-13-7-8-16(9-14(13)2)12-22-19-10-15(3)23-20-17(11-21)5-4-6-18(19)20/h4-10H,12H2,1-3H3,(H,22,23). The molecule has 0 aliphatic rings. The van der Waals surface area contributed by atoms with Gasteiger partial charge in [0.15, 0.2) is 0 Å². The molecule has 114 valence electrons. The number of anilines is 1. The summed E-state index contributed by atoms with van der Waals surface area (Å²) in [6.07, 6.45) is 0. The second-order valence-corrected chi connectivity index (χ2v) is 5.90. The first kappa shape index (κ1) is 15.1. The molecule has 3 heteroatoms. The summed E-state index contributed by atoms with van der Waals surface area (Å²) >= 11 is 0. The average Bonchev–Trinajstić information content (AvgIpc) is 2.55. The Balaban J connectivity index is 1.97. The van der Waals surface area contributed by atoms with Gasteiger partial charge in [0.25, 0.3) is 0 Å². The number of hydrogen-bond donors (Lipinski definition) is 1. The largest absolute Gasteiger partial charge is 0.380 e. The molecule has 0 aliphatic heterocycles. The molecule has 1 heterocycles. The minimum Gasteiger partial charge on any atom is -0.380 e. The molecule has 1 aromatic heterocycles. The van der Waals surface area contributed by atoms with E-state index in [-0.39, 0.29) is 0 Å². The second-order valence-electron chi connectivity index (χ2n) is 5.90. The number of rotatable bonds is 3. The molecular formula is C20H19N3. The number of benzene rings is 2. The lowest BCUT2D eigenvalue weighted by Gasteiger charge is -2.12. The Morgan fingerprint density at radius 3 is 2.61 bits per heavy atom. The molecular weight excluding hydrogens is 282 g/mol. The van der Waals surface area contributed by atoms with Crippen LogP contribution in [0.3, 0.4) is 0 Å². The van der Waals surface area contributed by atoms with Crippen molar-refractivity contribution in [3.8, 4) is 6.07 Å². The smallest absolute Gasteiger partial charge is 0.101 e. The van der Waals surface area contributed by atoms with Crippen LogP contribution in [0.5, 0.6) is 0 Å².